The quantitative estimate of drug-likeness (QED) is 0.349. The molecule has 0 aliphatic carbocycles. The zero-order valence-corrected chi connectivity index (χ0v) is 18.7. The number of fused-ring (bicyclic) bond motifs is 1. The van der Waals surface area contributed by atoms with Crippen molar-refractivity contribution in [2.24, 2.45) is 0 Å². The molecule has 2 aromatic carbocycles. The zero-order chi connectivity index (χ0) is 21.6. The Hall–Kier alpha value is -3.17. The van der Waals surface area contributed by atoms with Gasteiger partial charge in [-0.3, -0.25) is 9.78 Å². The number of ether oxygens (including phenoxy) is 1. The van der Waals surface area contributed by atoms with Crippen LogP contribution in [0.4, 0.5) is 16.5 Å². The number of thioether (sulfide) groups is 1. The molecule has 0 aliphatic heterocycles. The molecule has 31 heavy (non-hydrogen) atoms. The minimum atomic E-state index is -0.344. The number of hydrogen-bond acceptors (Lipinski definition) is 8. The topological polar surface area (TPSA) is 89.0 Å². The highest BCUT2D eigenvalue weighted by Crippen LogP contribution is 2.33. The molecular weight excluding hydrogens is 430 g/mol. The number of rotatable bonds is 8. The van der Waals surface area contributed by atoms with Gasteiger partial charge in [-0.05, 0) is 50.2 Å². The summed E-state index contributed by atoms with van der Waals surface area (Å²) in [5, 5.41) is 15.8. The lowest BCUT2D eigenvalue weighted by molar-refractivity contribution is -0.115. The number of benzene rings is 2. The summed E-state index contributed by atoms with van der Waals surface area (Å²) in [4.78, 5) is 17.1. The molecule has 1 amide bonds. The zero-order valence-electron chi connectivity index (χ0n) is 17.0. The molecule has 4 aromatic rings. The number of para-hydroxylation sites is 2. The second-order valence-corrected chi connectivity index (χ2v) is 9.12. The first-order valence-corrected chi connectivity index (χ1v) is 11.5. The van der Waals surface area contributed by atoms with Crippen LogP contribution >= 0.6 is 23.1 Å². The highest BCUT2D eigenvalue weighted by atomic mass is 32.2. The monoisotopic (exact) mass is 451 g/mol. The number of anilines is 3. The molecule has 0 saturated heterocycles. The number of carbonyl (C=O) groups is 1. The molecule has 4 rings (SSSR count). The van der Waals surface area contributed by atoms with Crippen LogP contribution in [0.15, 0.2) is 65.1 Å². The van der Waals surface area contributed by atoms with Crippen LogP contribution < -0.4 is 15.4 Å². The average molecular weight is 452 g/mol. The summed E-state index contributed by atoms with van der Waals surface area (Å²) in [6.07, 6.45) is 1.74. The summed E-state index contributed by atoms with van der Waals surface area (Å²) in [5.74, 6) is 0.652. The fraction of sp³-hybridized carbons (Fsp3) is 0.182. The van der Waals surface area contributed by atoms with E-state index in [0.717, 1.165) is 28.0 Å². The van der Waals surface area contributed by atoms with Gasteiger partial charge in [0.05, 0.1) is 28.7 Å². The van der Waals surface area contributed by atoms with Crippen molar-refractivity contribution >= 4 is 56.4 Å². The van der Waals surface area contributed by atoms with Crippen LogP contribution in [0, 0.1) is 0 Å². The molecule has 1 unspecified atom stereocenters. The van der Waals surface area contributed by atoms with Crippen molar-refractivity contribution in [1.82, 2.24) is 15.2 Å². The normalized spacial score (nSPS) is 11.8. The third kappa shape index (κ3) is 5.12. The summed E-state index contributed by atoms with van der Waals surface area (Å²) in [5.41, 5.74) is 2.41. The van der Waals surface area contributed by atoms with E-state index in [4.69, 9.17) is 4.74 Å². The standard InChI is InChI=1S/C22H21N5O2S2/c1-3-29-19-12-5-4-9-18(19)25-21-26-27-22(31-21)30-14(2)20(28)24-17-11-6-10-16-15(17)8-7-13-23-16/h4-14H,3H2,1-2H3,(H,24,28)(H,25,26). The summed E-state index contributed by atoms with van der Waals surface area (Å²) >= 11 is 2.76. The summed E-state index contributed by atoms with van der Waals surface area (Å²) < 4.78 is 6.34. The van der Waals surface area contributed by atoms with Crippen molar-refractivity contribution in [1.29, 1.82) is 0 Å². The Labute approximate surface area is 188 Å². The Morgan fingerprint density at radius 3 is 2.81 bits per heavy atom. The molecule has 158 valence electrons. The molecule has 0 aliphatic rings. The van der Waals surface area contributed by atoms with E-state index in [0.29, 0.717) is 16.1 Å². The fourth-order valence-electron chi connectivity index (χ4n) is 2.93. The van der Waals surface area contributed by atoms with Crippen LogP contribution in [-0.2, 0) is 4.79 Å². The number of pyridine rings is 1. The largest absolute Gasteiger partial charge is 0.492 e. The van der Waals surface area contributed by atoms with Gasteiger partial charge in [-0.15, -0.1) is 10.2 Å². The summed E-state index contributed by atoms with van der Waals surface area (Å²) in [7, 11) is 0. The predicted molar refractivity (Wildman–Crippen MR) is 126 cm³/mol. The van der Waals surface area contributed by atoms with E-state index in [-0.39, 0.29) is 11.2 Å². The van der Waals surface area contributed by atoms with Crippen LogP contribution in [-0.4, -0.2) is 32.9 Å². The number of hydrogen-bond donors (Lipinski definition) is 2. The molecule has 2 heterocycles. The van der Waals surface area contributed by atoms with Crippen LogP contribution in [0.3, 0.4) is 0 Å². The first-order valence-electron chi connectivity index (χ1n) is 9.77. The second kappa shape index (κ2) is 9.76. The van der Waals surface area contributed by atoms with Gasteiger partial charge in [-0.1, -0.05) is 41.3 Å². The van der Waals surface area contributed by atoms with E-state index < -0.39 is 0 Å². The van der Waals surface area contributed by atoms with Crippen LogP contribution in [0.1, 0.15) is 13.8 Å². The molecule has 0 saturated carbocycles. The molecule has 0 radical (unpaired) electrons. The Bertz CT molecular complexity index is 1190. The van der Waals surface area contributed by atoms with Crippen LogP contribution in [0.2, 0.25) is 0 Å². The highest BCUT2D eigenvalue weighted by Gasteiger charge is 2.18. The average Bonchev–Trinajstić information content (AvgIpc) is 3.22. The maximum atomic E-state index is 12.7. The number of nitrogens with one attached hydrogen (secondary N) is 2. The van der Waals surface area contributed by atoms with Crippen molar-refractivity contribution in [2.75, 3.05) is 17.2 Å². The summed E-state index contributed by atoms with van der Waals surface area (Å²) in [6.45, 7) is 4.37. The Kier molecular flexibility index (Phi) is 6.63. The first-order chi connectivity index (χ1) is 15.1. The predicted octanol–water partition coefficient (Wildman–Crippen LogP) is 5.35. The van der Waals surface area contributed by atoms with Gasteiger partial charge in [0.15, 0.2) is 4.34 Å². The van der Waals surface area contributed by atoms with Crippen molar-refractivity contribution in [2.45, 2.75) is 23.4 Å². The molecule has 0 spiro atoms. The lowest BCUT2D eigenvalue weighted by Gasteiger charge is -2.12. The SMILES string of the molecule is CCOc1ccccc1Nc1nnc(SC(C)C(=O)Nc2cccc3ncccc23)s1. The van der Waals surface area contributed by atoms with Gasteiger partial charge in [-0.25, -0.2) is 0 Å². The molecule has 0 bridgehead atoms. The number of amides is 1. The highest BCUT2D eigenvalue weighted by molar-refractivity contribution is 8.02. The third-order valence-electron chi connectivity index (χ3n) is 4.39. The van der Waals surface area contributed by atoms with Gasteiger partial charge < -0.3 is 15.4 Å². The molecular formula is C22H21N5O2S2. The van der Waals surface area contributed by atoms with Gasteiger partial charge in [0.2, 0.25) is 11.0 Å². The van der Waals surface area contributed by atoms with Gasteiger partial charge in [-0.2, -0.15) is 0 Å². The van der Waals surface area contributed by atoms with E-state index in [1.807, 2.05) is 68.4 Å². The van der Waals surface area contributed by atoms with E-state index in [9.17, 15) is 4.79 Å². The number of carbonyl (C=O) groups excluding carboxylic acids is 1. The molecule has 9 heteroatoms. The Morgan fingerprint density at radius 1 is 1.10 bits per heavy atom. The maximum Gasteiger partial charge on any atom is 0.237 e. The van der Waals surface area contributed by atoms with Crippen LogP contribution in [0.25, 0.3) is 10.9 Å². The third-order valence-corrected chi connectivity index (χ3v) is 6.41. The van der Waals surface area contributed by atoms with E-state index in [1.165, 1.54) is 23.1 Å². The number of aromatic nitrogens is 3. The van der Waals surface area contributed by atoms with Gasteiger partial charge in [0.1, 0.15) is 5.75 Å². The van der Waals surface area contributed by atoms with Crippen molar-refractivity contribution in [3.63, 3.8) is 0 Å². The van der Waals surface area contributed by atoms with Crippen molar-refractivity contribution in [3.8, 4) is 5.75 Å². The molecule has 7 nitrogen and oxygen atoms in total. The van der Waals surface area contributed by atoms with Crippen molar-refractivity contribution < 1.29 is 9.53 Å². The number of nitrogens with zero attached hydrogens (tertiary/aromatic N) is 3. The van der Waals surface area contributed by atoms with Gasteiger partial charge in [0, 0.05) is 11.6 Å². The molecule has 0 fully saturated rings. The minimum absolute atomic E-state index is 0.104. The molecule has 2 N–H and O–H groups in total. The van der Waals surface area contributed by atoms with Crippen LogP contribution in [0.5, 0.6) is 5.75 Å². The fourth-order valence-corrected chi connectivity index (χ4v) is 4.83. The van der Waals surface area contributed by atoms with E-state index in [2.05, 4.69) is 25.8 Å². The van der Waals surface area contributed by atoms with Gasteiger partial charge in [0.25, 0.3) is 0 Å². The molecule has 1 atom stereocenters. The second-order valence-electron chi connectivity index (χ2n) is 6.55. The first kappa shape index (κ1) is 21.1. The lowest BCUT2D eigenvalue weighted by atomic mass is 10.2. The van der Waals surface area contributed by atoms with Gasteiger partial charge >= 0.3 is 0 Å². The van der Waals surface area contributed by atoms with E-state index >= 15 is 0 Å². The summed E-state index contributed by atoms with van der Waals surface area (Å²) in [6, 6.07) is 17.1. The smallest absolute Gasteiger partial charge is 0.237 e. The minimum Gasteiger partial charge on any atom is -0.492 e. The Morgan fingerprint density at radius 2 is 1.94 bits per heavy atom. The maximum absolute atomic E-state index is 12.7. The Balaban J connectivity index is 1.41. The molecule has 2 aromatic heterocycles. The van der Waals surface area contributed by atoms with Crippen molar-refractivity contribution in [3.05, 3.63) is 60.8 Å². The van der Waals surface area contributed by atoms with E-state index in [1.54, 1.807) is 6.20 Å². The lowest BCUT2D eigenvalue weighted by Crippen LogP contribution is -2.22.